The Labute approximate surface area is 142 Å². The number of anilines is 1. The number of nitrogens with two attached hydrogens (primary N) is 1. The molecule has 1 unspecified atom stereocenters. The zero-order chi connectivity index (χ0) is 17.6. The maximum Gasteiger partial charge on any atom is 0.221 e. The van der Waals surface area contributed by atoms with Gasteiger partial charge in [-0.1, -0.05) is 12.1 Å². The average molecular weight is 336 g/mol. The number of aliphatic hydroxyl groups is 1. The second-order valence-electron chi connectivity index (χ2n) is 5.90. The Morgan fingerprint density at radius 1 is 1.24 bits per heavy atom. The number of hydrogen-bond donors (Lipinski definition) is 3. The maximum absolute atomic E-state index is 10.9. The van der Waals surface area contributed by atoms with E-state index in [9.17, 15) is 5.11 Å². The van der Waals surface area contributed by atoms with Crippen LogP contribution in [-0.2, 0) is 5.60 Å². The fourth-order valence-corrected chi connectivity index (χ4v) is 2.80. The van der Waals surface area contributed by atoms with Crippen LogP contribution < -0.4 is 5.73 Å². The van der Waals surface area contributed by atoms with Crippen LogP contribution in [0.15, 0.2) is 36.8 Å². The summed E-state index contributed by atoms with van der Waals surface area (Å²) >= 11 is 0. The molecule has 1 atom stereocenters. The number of benzene rings is 1. The van der Waals surface area contributed by atoms with Gasteiger partial charge in [-0.3, -0.25) is 5.10 Å². The Hall–Kier alpha value is -3.33. The zero-order valence-corrected chi connectivity index (χ0v) is 13.7. The van der Waals surface area contributed by atoms with Gasteiger partial charge in [0.25, 0.3) is 0 Å². The highest BCUT2D eigenvalue weighted by Crippen LogP contribution is 2.30. The number of nitrogens with one attached hydrogen (secondary N) is 1. The first-order valence-electron chi connectivity index (χ1n) is 7.64. The number of nitrogens with zero attached hydrogens (tertiary/aromatic N) is 6. The van der Waals surface area contributed by atoms with Gasteiger partial charge in [0.15, 0.2) is 11.6 Å². The van der Waals surface area contributed by atoms with E-state index >= 15 is 0 Å². The van der Waals surface area contributed by atoms with Gasteiger partial charge in [-0.2, -0.15) is 15.2 Å². The third-order valence-corrected chi connectivity index (χ3v) is 4.15. The molecule has 0 bridgehead atoms. The first-order valence-corrected chi connectivity index (χ1v) is 7.64. The normalized spacial score (nSPS) is 13.9. The molecule has 4 N–H and O–H groups in total. The van der Waals surface area contributed by atoms with Gasteiger partial charge in [-0.05, 0) is 25.5 Å². The summed E-state index contributed by atoms with van der Waals surface area (Å²) in [4.78, 5) is 12.2. The molecule has 0 saturated heterocycles. The van der Waals surface area contributed by atoms with Crippen LogP contribution in [0.5, 0.6) is 0 Å². The van der Waals surface area contributed by atoms with E-state index in [0.717, 1.165) is 16.6 Å². The van der Waals surface area contributed by atoms with Crippen LogP contribution in [0.25, 0.3) is 16.7 Å². The van der Waals surface area contributed by atoms with E-state index in [4.69, 9.17) is 5.73 Å². The van der Waals surface area contributed by atoms with Gasteiger partial charge >= 0.3 is 0 Å². The predicted octanol–water partition coefficient (Wildman–Crippen LogP) is 1.08. The summed E-state index contributed by atoms with van der Waals surface area (Å²) in [5.41, 5.74) is 6.62. The molecule has 4 aromatic rings. The largest absolute Gasteiger partial charge is 0.377 e. The number of H-pyrrole nitrogens is 1. The van der Waals surface area contributed by atoms with Crippen LogP contribution in [0.2, 0.25) is 0 Å². The van der Waals surface area contributed by atoms with E-state index in [1.165, 1.54) is 6.33 Å². The van der Waals surface area contributed by atoms with Gasteiger partial charge in [0.05, 0.1) is 11.2 Å². The minimum absolute atomic E-state index is 0.169. The molecule has 9 nitrogen and oxygen atoms in total. The number of aromatic amines is 1. The van der Waals surface area contributed by atoms with Crippen LogP contribution in [0.3, 0.4) is 0 Å². The molecule has 4 rings (SSSR count). The van der Waals surface area contributed by atoms with E-state index in [0.29, 0.717) is 17.2 Å². The number of nitrogen functional groups attached to an aromatic ring is 1. The average Bonchev–Trinajstić information content (AvgIpc) is 3.23. The van der Waals surface area contributed by atoms with Crippen LogP contribution in [0.1, 0.15) is 24.0 Å². The summed E-state index contributed by atoms with van der Waals surface area (Å²) < 4.78 is 1.68. The number of hydrogen-bond acceptors (Lipinski definition) is 7. The molecule has 3 heterocycles. The second-order valence-corrected chi connectivity index (χ2v) is 5.90. The highest BCUT2D eigenvalue weighted by atomic mass is 16.3. The maximum atomic E-state index is 10.9. The number of fused-ring (bicyclic) bond motifs is 1. The van der Waals surface area contributed by atoms with Crippen LogP contribution in [0.4, 0.5) is 5.95 Å². The summed E-state index contributed by atoms with van der Waals surface area (Å²) in [6, 6.07) is 7.33. The topological polar surface area (TPSA) is 131 Å². The summed E-state index contributed by atoms with van der Waals surface area (Å²) in [5, 5.41) is 23.0. The lowest BCUT2D eigenvalue weighted by atomic mass is 9.94. The van der Waals surface area contributed by atoms with Gasteiger partial charge in [0.2, 0.25) is 5.95 Å². The van der Waals surface area contributed by atoms with E-state index in [1.807, 2.05) is 25.1 Å². The monoisotopic (exact) mass is 336 g/mol. The highest BCUT2D eigenvalue weighted by Gasteiger charge is 2.30. The number of aromatic nitrogens is 7. The predicted molar refractivity (Wildman–Crippen MR) is 90.9 cm³/mol. The van der Waals surface area contributed by atoms with Gasteiger partial charge in [-0.25, -0.2) is 14.6 Å². The van der Waals surface area contributed by atoms with Crippen LogP contribution in [0, 0.1) is 6.92 Å². The number of rotatable bonds is 3. The molecule has 25 heavy (non-hydrogen) atoms. The Morgan fingerprint density at radius 3 is 2.80 bits per heavy atom. The molecule has 0 spiro atoms. The molecule has 0 aliphatic carbocycles. The third kappa shape index (κ3) is 2.41. The van der Waals surface area contributed by atoms with Crippen LogP contribution >= 0.6 is 0 Å². The van der Waals surface area contributed by atoms with Gasteiger partial charge in [-0.15, -0.1) is 0 Å². The highest BCUT2D eigenvalue weighted by molar-refractivity contribution is 5.84. The van der Waals surface area contributed by atoms with Crippen molar-refractivity contribution in [2.24, 2.45) is 0 Å². The second kappa shape index (κ2) is 5.35. The lowest BCUT2D eigenvalue weighted by Crippen LogP contribution is -2.24. The Balaban J connectivity index is 1.92. The lowest BCUT2D eigenvalue weighted by molar-refractivity contribution is 0.0927. The molecule has 3 aromatic heterocycles. The fraction of sp³-hybridized carbons (Fsp3) is 0.188. The molecule has 0 aliphatic heterocycles. The molecule has 1 aromatic carbocycles. The molecule has 0 fully saturated rings. The van der Waals surface area contributed by atoms with Crippen molar-refractivity contribution in [2.45, 2.75) is 19.4 Å². The standard InChI is InChI=1S/C16H16N8O/c1-9-11-4-3-10(16(2,25)14-19-8-20-22-14)7-12(11)24(23-9)13-5-6-18-15(17)21-13/h3-8,25H,1-2H3,(H2,17,18,21)(H,19,20,22). The summed E-state index contributed by atoms with van der Waals surface area (Å²) in [5.74, 6) is 1.02. The van der Waals surface area contributed by atoms with Crippen molar-refractivity contribution in [3.8, 4) is 5.82 Å². The zero-order valence-electron chi connectivity index (χ0n) is 13.7. The number of aryl methyl sites for hydroxylation is 1. The van der Waals surface area contributed by atoms with Crippen molar-refractivity contribution in [3.63, 3.8) is 0 Å². The molecule has 0 amide bonds. The van der Waals surface area contributed by atoms with Gasteiger partial charge < -0.3 is 10.8 Å². The summed E-state index contributed by atoms with van der Waals surface area (Å²) in [7, 11) is 0. The van der Waals surface area contributed by atoms with Gasteiger partial charge in [0, 0.05) is 17.6 Å². The van der Waals surface area contributed by atoms with E-state index < -0.39 is 5.60 Å². The van der Waals surface area contributed by atoms with Crippen molar-refractivity contribution in [1.82, 2.24) is 34.9 Å². The molecule has 9 heteroatoms. The molecular weight excluding hydrogens is 320 g/mol. The molecule has 0 saturated carbocycles. The van der Waals surface area contributed by atoms with E-state index in [2.05, 4.69) is 30.2 Å². The van der Waals surface area contributed by atoms with Crippen molar-refractivity contribution >= 4 is 16.9 Å². The minimum Gasteiger partial charge on any atom is -0.377 e. The first kappa shape index (κ1) is 15.2. The van der Waals surface area contributed by atoms with Gasteiger partial charge in [0.1, 0.15) is 11.9 Å². The van der Waals surface area contributed by atoms with Crippen LogP contribution in [-0.4, -0.2) is 40.0 Å². The Morgan fingerprint density at radius 2 is 2.08 bits per heavy atom. The molecule has 0 aliphatic rings. The fourth-order valence-electron chi connectivity index (χ4n) is 2.80. The van der Waals surface area contributed by atoms with Crippen molar-refractivity contribution in [2.75, 3.05) is 5.73 Å². The smallest absolute Gasteiger partial charge is 0.221 e. The van der Waals surface area contributed by atoms with Crippen molar-refractivity contribution in [3.05, 3.63) is 53.9 Å². The summed E-state index contributed by atoms with van der Waals surface area (Å²) in [6.45, 7) is 3.56. The third-order valence-electron chi connectivity index (χ3n) is 4.15. The Kier molecular flexibility index (Phi) is 3.25. The summed E-state index contributed by atoms with van der Waals surface area (Å²) in [6.07, 6.45) is 3.01. The van der Waals surface area contributed by atoms with Crippen molar-refractivity contribution < 1.29 is 5.11 Å². The molecule has 126 valence electrons. The lowest BCUT2D eigenvalue weighted by Gasteiger charge is -2.20. The van der Waals surface area contributed by atoms with Crippen molar-refractivity contribution in [1.29, 1.82) is 0 Å². The molecular formula is C16H16N8O. The quantitative estimate of drug-likeness (QED) is 0.510. The molecule has 0 radical (unpaired) electrons. The minimum atomic E-state index is -1.35. The van der Waals surface area contributed by atoms with E-state index in [-0.39, 0.29) is 5.95 Å². The first-order chi connectivity index (χ1) is 12.0. The van der Waals surface area contributed by atoms with E-state index in [1.54, 1.807) is 23.9 Å². The Bertz CT molecular complexity index is 1050. The SMILES string of the molecule is Cc1nn(-c2ccnc(N)n2)c2cc(C(C)(O)c3nc[nH]n3)ccc12.